The van der Waals surface area contributed by atoms with E-state index >= 15 is 0 Å². The highest BCUT2D eigenvalue weighted by molar-refractivity contribution is 5.81. The van der Waals surface area contributed by atoms with Crippen LogP contribution in [0.25, 0.3) is 10.9 Å². The van der Waals surface area contributed by atoms with Gasteiger partial charge in [-0.25, -0.2) is 4.98 Å². The van der Waals surface area contributed by atoms with E-state index in [-0.39, 0.29) is 6.61 Å². The Labute approximate surface area is 159 Å². The molecule has 1 atom stereocenters. The molecule has 27 heavy (non-hydrogen) atoms. The smallest absolute Gasteiger partial charge is 0.134 e. The fourth-order valence-electron chi connectivity index (χ4n) is 3.77. The lowest BCUT2D eigenvalue weighted by Gasteiger charge is -2.25. The summed E-state index contributed by atoms with van der Waals surface area (Å²) in [5.74, 6) is 0.775. The van der Waals surface area contributed by atoms with Crippen molar-refractivity contribution in [2.24, 2.45) is 0 Å². The number of rotatable bonds is 4. The molecular weight excluding hydrogens is 338 g/mol. The van der Waals surface area contributed by atoms with Gasteiger partial charge in [-0.1, -0.05) is 48.5 Å². The summed E-state index contributed by atoms with van der Waals surface area (Å²) in [7, 11) is 0. The van der Waals surface area contributed by atoms with Crippen LogP contribution in [0, 0.1) is 0 Å². The zero-order valence-corrected chi connectivity index (χ0v) is 15.3. The molecule has 1 aromatic heterocycles. The summed E-state index contributed by atoms with van der Waals surface area (Å²) >= 11 is 0. The van der Waals surface area contributed by atoms with Crippen LogP contribution in [0.2, 0.25) is 0 Å². The maximum atomic E-state index is 10.6. The van der Waals surface area contributed by atoms with Crippen molar-refractivity contribution in [1.29, 1.82) is 0 Å². The zero-order valence-electron chi connectivity index (χ0n) is 15.3. The molecule has 2 N–H and O–H groups in total. The number of aromatic nitrogens is 1. The number of nitrogens with zero attached hydrogens (tertiary/aromatic N) is 3. The average molecular weight is 363 g/mol. The van der Waals surface area contributed by atoms with E-state index < -0.39 is 6.10 Å². The van der Waals surface area contributed by atoms with E-state index in [1.165, 1.54) is 5.56 Å². The van der Waals surface area contributed by atoms with Crippen molar-refractivity contribution in [3.05, 3.63) is 71.8 Å². The molecule has 0 aliphatic carbocycles. The second kappa shape index (κ2) is 8.05. The highest BCUT2D eigenvalue weighted by Crippen LogP contribution is 2.25. The monoisotopic (exact) mass is 363 g/mol. The van der Waals surface area contributed by atoms with Crippen molar-refractivity contribution < 1.29 is 10.2 Å². The molecule has 0 saturated carbocycles. The van der Waals surface area contributed by atoms with Gasteiger partial charge in [-0.3, -0.25) is 4.90 Å². The summed E-state index contributed by atoms with van der Waals surface area (Å²) in [5.41, 5.74) is 2.96. The first-order valence-corrected chi connectivity index (χ1v) is 9.42. The largest absolute Gasteiger partial charge is 0.392 e. The molecule has 0 amide bonds. The Morgan fingerprint density at radius 1 is 0.963 bits per heavy atom. The van der Waals surface area contributed by atoms with E-state index in [9.17, 15) is 10.2 Å². The van der Waals surface area contributed by atoms with Crippen molar-refractivity contribution in [2.45, 2.75) is 19.3 Å². The standard InChI is InChI=1S/C22H25N3O2/c26-16-19-12-18-8-4-5-9-21(18)23-22(19)25-11-10-24(14-20(27)15-25)13-17-6-2-1-3-7-17/h1-9,12,20,26-27H,10-11,13-16H2. The summed E-state index contributed by atoms with van der Waals surface area (Å²) in [5, 5.41) is 21.4. The number of hydrogen-bond acceptors (Lipinski definition) is 5. The van der Waals surface area contributed by atoms with Crippen molar-refractivity contribution in [1.82, 2.24) is 9.88 Å². The Balaban J connectivity index is 1.57. The third-order valence-corrected chi connectivity index (χ3v) is 5.09. The molecule has 1 unspecified atom stereocenters. The third kappa shape index (κ3) is 4.11. The molecule has 1 saturated heterocycles. The highest BCUT2D eigenvalue weighted by Gasteiger charge is 2.24. The number of aliphatic hydroxyl groups excluding tert-OH is 2. The van der Waals surface area contributed by atoms with Gasteiger partial charge in [0.05, 0.1) is 18.2 Å². The van der Waals surface area contributed by atoms with E-state index in [4.69, 9.17) is 4.98 Å². The Hall–Kier alpha value is -2.47. The van der Waals surface area contributed by atoms with Gasteiger partial charge in [-0.05, 0) is 17.7 Å². The maximum Gasteiger partial charge on any atom is 0.134 e. The Kier molecular flexibility index (Phi) is 5.34. The van der Waals surface area contributed by atoms with Gasteiger partial charge in [-0.2, -0.15) is 0 Å². The third-order valence-electron chi connectivity index (χ3n) is 5.09. The topological polar surface area (TPSA) is 59.8 Å². The highest BCUT2D eigenvalue weighted by atomic mass is 16.3. The molecule has 5 heteroatoms. The minimum Gasteiger partial charge on any atom is -0.392 e. The molecule has 3 aromatic rings. The molecule has 0 bridgehead atoms. The minimum absolute atomic E-state index is 0.0620. The molecule has 2 heterocycles. The number of pyridine rings is 1. The summed E-state index contributed by atoms with van der Waals surface area (Å²) in [6.07, 6.45) is -0.462. The fraction of sp³-hybridized carbons (Fsp3) is 0.318. The number of para-hydroxylation sites is 1. The minimum atomic E-state index is -0.462. The second-order valence-corrected chi connectivity index (χ2v) is 7.14. The number of benzene rings is 2. The molecule has 0 radical (unpaired) electrons. The first-order chi connectivity index (χ1) is 13.2. The lowest BCUT2D eigenvalue weighted by molar-refractivity contribution is 0.129. The Bertz CT molecular complexity index is 900. The van der Waals surface area contributed by atoms with Crippen LogP contribution < -0.4 is 4.90 Å². The van der Waals surface area contributed by atoms with Crippen LogP contribution in [0.4, 0.5) is 5.82 Å². The maximum absolute atomic E-state index is 10.6. The molecule has 0 spiro atoms. The first-order valence-electron chi connectivity index (χ1n) is 9.42. The fourth-order valence-corrected chi connectivity index (χ4v) is 3.77. The van der Waals surface area contributed by atoms with Gasteiger partial charge in [0.1, 0.15) is 5.82 Å². The number of aliphatic hydroxyl groups is 2. The number of hydrogen-bond donors (Lipinski definition) is 2. The van der Waals surface area contributed by atoms with Gasteiger partial charge >= 0.3 is 0 Å². The van der Waals surface area contributed by atoms with Crippen molar-refractivity contribution in [3.63, 3.8) is 0 Å². The van der Waals surface area contributed by atoms with E-state index in [0.29, 0.717) is 13.1 Å². The summed E-state index contributed by atoms with van der Waals surface area (Å²) in [4.78, 5) is 9.17. The van der Waals surface area contributed by atoms with Gasteiger partial charge in [-0.15, -0.1) is 0 Å². The molecular formula is C22H25N3O2. The van der Waals surface area contributed by atoms with Gasteiger partial charge in [0.2, 0.25) is 0 Å². The summed E-state index contributed by atoms with van der Waals surface area (Å²) in [6.45, 7) is 3.52. The van der Waals surface area contributed by atoms with E-state index in [1.807, 2.05) is 48.5 Å². The van der Waals surface area contributed by atoms with Gasteiger partial charge in [0, 0.05) is 43.7 Å². The van der Waals surface area contributed by atoms with Crippen LogP contribution in [-0.2, 0) is 13.2 Å². The molecule has 140 valence electrons. The van der Waals surface area contributed by atoms with Crippen molar-refractivity contribution >= 4 is 16.7 Å². The van der Waals surface area contributed by atoms with Gasteiger partial charge in [0.15, 0.2) is 0 Å². The van der Waals surface area contributed by atoms with Crippen LogP contribution in [0.15, 0.2) is 60.7 Å². The number of β-amino-alcohol motifs (C(OH)–C–C–N with tert-alkyl or cyclic N) is 1. The Morgan fingerprint density at radius 3 is 2.56 bits per heavy atom. The van der Waals surface area contributed by atoms with Crippen LogP contribution in [-0.4, -0.2) is 52.4 Å². The van der Waals surface area contributed by atoms with Crippen LogP contribution in [0.1, 0.15) is 11.1 Å². The quantitative estimate of drug-likeness (QED) is 0.745. The summed E-state index contributed by atoms with van der Waals surface area (Å²) in [6, 6.07) is 20.3. The lowest BCUT2D eigenvalue weighted by Crippen LogP contribution is -2.34. The molecule has 1 aliphatic heterocycles. The van der Waals surface area contributed by atoms with Crippen LogP contribution >= 0.6 is 0 Å². The predicted octanol–water partition coefficient (Wildman–Crippen LogP) is 2.41. The average Bonchev–Trinajstić information content (AvgIpc) is 2.88. The van der Waals surface area contributed by atoms with Crippen molar-refractivity contribution in [2.75, 3.05) is 31.1 Å². The SMILES string of the molecule is OCc1cc2ccccc2nc1N1CCN(Cc2ccccc2)CC(O)C1. The van der Waals surface area contributed by atoms with E-state index in [0.717, 1.165) is 41.9 Å². The van der Waals surface area contributed by atoms with Gasteiger partial charge < -0.3 is 15.1 Å². The summed E-state index contributed by atoms with van der Waals surface area (Å²) < 4.78 is 0. The lowest BCUT2D eigenvalue weighted by atomic mass is 10.1. The zero-order chi connectivity index (χ0) is 18.6. The molecule has 5 nitrogen and oxygen atoms in total. The predicted molar refractivity (Wildman–Crippen MR) is 108 cm³/mol. The number of anilines is 1. The Morgan fingerprint density at radius 2 is 1.74 bits per heavy atom. The molecule has 4 rings (SSSR count). The van der Waals surface area contributed by atoms with E-state index in [1.54, 1.807) is 0 Å². The molecule has 1 aliphatic rings. The normalized spacial score (nSPS) is 18.6. The van der Waals surface area contributed by atoms with E-state index in [2.05, 4.69) is 21.9 Å². The molecule has 2 aromatic carbocycles. The molecule has 1 fully saturated rings. The number of fused-ring (bicyclic) bond motifs is 1. The van der Waals surface area contributed by atoms with Crippen LogP contribution in [0.5, 0.6) is 0 Å². The van der Waals surface area contributed by atoms with Crippen LogP contribution in [0.3, 0.4) is 0 Å². The van der Waals surface area contributed by atoms with Gasteiger partial charge in [0.25, 0.3) is 0 Å². The van der Waals surface area contributed by atoms with Crippen molar-refractivity contribution in [3.8, 4) is 0 Å². The first kappa shape index (κ1) is 17.9. The second-order valence-electron chi connectivity index (χ2n) is 7.14.